The van der Waals surface area contributed by atoms with Crippen LogP contribution in [-0.2, 0) is 0 Å². The number of pyridine rings is 2. The van der Waals surface area contributed by atoms with E-state index in [0.717, 1.165) is 40.9 Å². The Morgan fingerprint density at radius 3 is 2.72 bits per heavy atom. The molecule has 1 saturated heterocycles. The van der Waals surface area contributed by atoms with Crippen LogP contribution in [0.25, 0.3) is 22.0 Å². The second-order valence-corrected chi connectivity index (χ2v) is 8.12. The molecule has 3 N–H and O–H groups in total. The number of aliphatic hydroxyl groups excluding tert-OH is 1. The van der Waals surface area contributed by atoms with Crippen LogP contribution in [0.4, 0.5) is 21.6 Å². The van der Waals surface area contributed by atoms with Crippen molar-refractivity contribution >= 4 is 39.7 Å². The van der Waals surface area contributed by atoms with Crippen molar-refractivity contribution in [1.29, 1.82) is 0 Å². The lowest BCUT2D eigenvalue weighted by atomic mass is 10.0. The van der Waals surface area contributed by atoms with E-state index in [1.807, 2.05) is 30.3 Å². The van der Waals surface area contributed by atoms with Crippen molar-refractivity contribution in [2.24, 2.45) is 0 Å². The summed E-state index contributed by atoms with van der Waals surface area (Å²) in [6.07, 6.45) is 3.77. The number of benzene rings is 2. The minimum atomic E-state index is -0.777. The van der Waals surface area contributed by atoms with Crippen LogP contribution in [0.5, 0.6) is 5.75 Å². The number of β-amino-alcohol motifs (C(OH)–C–C–N with tert-alkyl or cyclic N) is 1. The zero-order chi connectivity index (χ0) is 22.2. The Labute approximate surface area is 188 Å². The molecule has 5 rings (SSSR count). The lowest BCUT2D eigenvalue weighted by molar-refractivity contribution is 0.198. The number of nitrogens with one attached hydrogen (secondary N) is 1. The summed E-state index contributed by atoms with van der Waals surface area (Å²) in [5.41, 5.74) is 3.50. The van der Waals surface area contributed by atoms with Crippen molar-refractivity contribution in [2.75, 3.05) is 23.3 Å². The monoisotopic (exact) mass is 449 g/mol. The fourth-order valence-electron chi connectivity index (χ4n) is 3.85. The minimum absolute atomic E-state index is 0.0483. The third kappa shape index (κ3) is 3.92. The van der Waals surface area contributed by atoms with Crippen LogP contribution in [0.15, 0.2) is 54.9 Å². The van der Waals surface area contributed by atoms with Crippen molar-refractivity contribution in [3.63, 3.8) is 0 Å². The third-order valence-corrected chi connectivity index (χ3v) is 5.82. The fraction of sp³-hybridized carbons (Fsp3) is 0.167. The lowest BCUT2D eigenvalue weighted by Crippen LogP contribution is -2.22. The number of phenols is 1. The minimum Gasteiger partial charge on any atom is -0.504 e. The van der Waals surface area contributed by atoms with Crippen LogP contribution in [0.2, 0.25) is 5.02 Å². The summed E-state index contributed by atoms with van der Waals surface area (Å²) in [5.74, 6) is -0.516. The molecule has 3 heterocycles. The standard InChI is InChI=1S/C24H19ClFN4O2/c25-19-10-15(11-20(26)24(19)32)14-1-3-21-18(9-14)22(5-7-27-21)29-16-2-4-23(28-12-16)30-8-6-17(31)13-30/h1-4,7,9-12,17,31-32H,6,8,13H2,(H,27,29). The molecular formula is C24H19ClFN4O2. The first kappa shape index (κ1) is 20.5. The molecular weight excluding hydrogens is 431 g/mol. The smallest absolute Gasteiger partial charge is 0.170 e. The van der Waals surface area contributed by atoms with Crippen LogP contribution in [-0.4, -0.2) is 39.4 Å². The van der Waals surface area contributed by atoms with Gasteiger partial charge in [-0.3, -0.25) is 4.98 Å². The number of hydrogen-bond acceptors (Lipinski definition) is 6. The van der Waals surface area contributed by atoms with Crippen LogP contribution in [0.1, 0.15) is 6.42 Å². The Kier molecular flexibility index (Phi) is 5.28. The molecule has 1 radical (unpaired) electrons. The first-order valence-corrected chi connectivity index (χ1v) is 10.5. The maximum Gasteiger partial charge on any atom is 0.170 e. The molecule has 8 heteroatoms. The van der Waals surface area contributed by atoms with Crippen LogP contribution in [0, 0.1) is 11.9 Å². The summed E-state index contributed by atoms with van der Waals surface area (Å²) in [6.45, 7) is 1.38. The van der Waals surface area contributed by atoms with Crippen molar-refractivity contribution < 1.29 is 14.6 Å². The highest BCUT2D eigenvalue weighted by atomic mass is 35.5. The van der Waals surface area contributed by atoms with E-state index in [2.05, 4.69) is 26.3 Å². The van der Waals surface area contributed by atoms with Gasteiger partial charge in [-0.15, -0.1) is 0 Å². The summed E-state index contributed by atoms with van der Waals surface area (Å²) in [4.78, 5) is 10.9. The highest BCUT2D eigenvalue weighted by Crippen LogP contribution is 2.35. The van der Waals surface area contributed by atoms with Gasteiger partial charge in [0.15, 0.2) is 11.6 Å². The van der Waals surface area contributed by atoms with Gasteiger partial charge in [0.05, 0.1) is 34.2 Å². The second-order valence-electron chi connectivity index (χ2n) is 7.72. The molecule has 0 amide bonds. The Hall–Kier alpha value is -3.42. The van der Waals surface area contributed by atoms with Gasteiger partial charge in [-0.1, -0.05) is 17.7 Å². The van der Waals surface area contributed by atoms with Crippen molar-refractivity contribution in [1.82, 2.24) is 9.97 Å². The number of aromatic nitrogens is 2. The molecule has 4 aromatic rings. The maximum atomic E-state index is 14.0. The van der Waals surface area contributed by atoms with E-state index in [0.29, 0.717) is 17.8 Å². The molecule has 1 atom stereocenters. The molecule has 2 aromatic heterocycles. The zero-order valence-corrected chi connectivity index (χ0v) is 17.6. The number of halogens is 2. The van der Waals surface area contributed by atoms with Crippen LogP contribution < -0.4 is 10.2 Å². The summed E-state index contributed by atoms with van der Waals surface area (Å²) in [7, 11) is 0. The predicted molar refractivity (Wildman–Crippen MR) is 123 cm³/mol. The van der Waals surface area contributed by atoms with Gasteiger partial charge < -0.3 is 20.4 Å². The Balaban J connectivity index is 1.46. The van der Waals surface area contributed by atoms with E-state index in [1.54, 1.807) is 12.4 Å². The highest BCUT2D eigenvalue weighted by Gasteiger charge is 2.21. The number of aromatic hydroxyl groups is 1. The Morgan fingerprint density at radius 1 is 1.12 bits per heavy atom. The fourth-order valence-corrected chi connectivity index (χ4v) is 4.06. The second kappa shape index (κ2) is 8.26. The number of aliphatic hydroxyl groups is 1. The molecule has 0 aliphatic carbocycles. The maximum absolute atomic E-state index is 14.0. The molecule has 1 unspecified atom stereocenters. The van der Waals surface area contributed by atoms with Crippen LogP contribution in [0.3, 0.4) is 0 Å². The highest BCUT2D eigenvalue weighted by molar-refractivity contribution is 6.32. The number of fused-ring (bicyclic) bond motifs is 1. The summed E-state index contributed by atoms with van der Waals surface area (Å²) >= 11 is 5.95. The molecule has 1 aliphatic rings. The lowest BCUT2D eigenvalue weighted by Gasteiger charge is -2.17. The summed E-state index contributed by atoms with van der Waals surface area (Å²) in [6, 6.07) is 15.2. The van der Waals surface area contributed by atoms with Gasteiger partial charge >= 0.3 is 0 Å². The molecule has 2 aromatic carbocycles. The van der Waals surface area contributed by atoms with Gasteiger partial charge in [0.1, 0.15) is 5.82 Å². The third-order valence-electron chi connectivity index (χ3n) is 5.53. The van der Waals surface area contributed by atoms with Crippen molar-refractivity contribution in [3.05, 3.63) is 71.8 Å². The number of phenolic OH excluding ortho intramolecular Hbond substituents is 1. The largest absolute Gasteiger partial charge is 0.504 e. The van der Waals surface area contributed by atoms with Crippen molar-refractivity contribution in [3.8, 4) is 16.9 Å². The molecule has 0 spiro atoms. The zero-order valence-electron chi connectivity index (χ0n) is 16.9. The topological polar surface area (TPSA) is 81.5 Å². The van der Waals surface area contributed by atoms with Crippen molar-refractivity contribution in [2.45, 2.75) is 12.5 Å². The van der Waals surface area contributed by atoms with Crippen LogP contribution >= 0.6 is 11.6 Å². The van der Waals surface area contributed by atoms with Gasteiger partial charge in [0.25, 0.3) is 0 Å². The van der Waals surface area contributed by atoms with Gasteiger partial charge in [0.2, 0.25) is 0 Å². The van der Waals surface area contributed by atoms with Gasteiger partial charge in [0, 0.05) is 30.7 Å². The quantitative estimate of drug-likeness (QED) is 0.410. The number of nitrogens with zero attached hydrogens (tertiary/aromatic N) is 3. The van der Waals surface area contributed by atoms with E-state index in [1.165, 1.54) is 12.1 Å². The van der Waals surface area contributed by atoms with E-state index in [4.69, 9.17) is 11.6 Å². The summed E-state index contributed by atoms with van der Waals surface area (Å²) in [5, 5.41) is 23.4. The number of anilines is 3. The van der Waals surface area contributed by atoms with Gasteiger partial charge in [-0.05, 0) is 53.9 Å². The van der Waals surface area contributed by atoms with E-state index < -0.39 is 11.6 Å². The SMILES string of the molecule is Oc1c(F)cc(-c2ccc3nc[c]c(Nc4ccc(N5CCC(O)C5)nc4)c3c2)cc1Cl. The van der Waals surface area contributed by atoms with Gasteiger partial charge in [-0.25, -0.2) is 9.37 Å². The molecule has 1 aliphatic heterocycles. The predicted octanol–water partition coefficient (Wildman–Crippen LogP) is 4.91. The molecule has 1 fully saturated rings. The normalized spacial score (nSPS) is 16.0. The molecule has 32 heavy (non-hydrogen) atoms. The average Bonchev–Trinajstić information content (AvgIpc) is 3.24. The first-order valence-electron chi connectivity index (χ1n) is 10.1. The molecule has 0 bridgehead atoms. The average molecular weight is 450 g/mol. The Bertz CT molecular complexity index is 1280. The first-order chi connectivity index (χ1) is 15.5. The van der Waals surface area contributed by atoms with E-state index in [9.17, 15) is 14.6 Å². The van der Waals surface area contributed by atoms with Gasteiger partial charge in [-0.2, -0.15) is 0 Å². The molecule has 161 valence electrons. The van der Waals surface area contributed by atoms with E-state index >= 15 is 0 Å². The number of rotatable bonds is 4. The Morgan fingerprint density at radius 2 is 2.00 bits per heavy atom. The molecule has 6 nitrogen and oxygen atoms in total. The molecule has 0 saturated carbocycles. The number of hydrogen-bond donors (Lipinski definition) is 3. The van der Waals surface area contributed by atoms with E-state index in [-0.39, 0.29) is 11.1 Å². The summed E-state index contributed by atoms with van der Waals surface area (Å²) < 4.78 is 14.0.